The third kappa shape index (κ3) is 5.15. The predicted molar refractivity (Wildman–Crippen MR) is 143 cm³/mol. The number of benzene rings is 1. The summed E-state index contributed by atoms with van der Waals surface area (Å²) in [6.07, 6.45) is 3.94. The van der Waals surface area contributed by atoms with Crippen LogP contribution in [0.2, 0.25) is 5.02 Å². The number of halogens is 4. The van der Waals surface area contributed by atoms with Gasteiger partial charge in [0, 0.05) is 24.7 Å². The van der Waals surface area contributed by atoms with Gasteiger partial charge in [0.15, 0.2) is 0 Å². The first-order valence-electron chi connectivity index (χ1n) is 12.6. The second-order valence-electron chi connectivity index (χ2n) is 11.5. The lowest BCUT2D eigenvalue weighted by Crippen LogP contribution is -2.50. The number of nitrogens with two attached hydrogens (primary N) is 1. The molecule has 1 spiro atoms. The van der Waals surface area contributed by atoms with Crippen molar-refractivity contribution in [3.63, 3.8) is 0 Å². The number of urea groups is 1. The number of rotatable bonds is 6. The van der Waals surface area contributed by atoms with Gasteiger partial charge in [-0.15, -0.1) is 0 Å². The summed E-state index contributed by atoms with van der Waals surface area (Å²) in [4.78, 5) is 38.7. The first-order valence-corrected chi connectivity index (χ1v) is 13.4. The van der Waals surface area contributed by atoms with Crippen molar-refractivity contribution in [2.45, 2.75) is 45.4 Å². The molecule has 0 radical (unpaired) electrons. The largest absolute Gasteiger partial charge is 0.354 e. The summed E-state index contributed by atoms with van der Waals surface area (Å²) in [5, 5.41) is 8.06. The smallest absolute Gasteiger partial charge is 0.312 e. The van der Waals surface area contributed by atoms with E-state index in [0.717, 1.165) is 0 Å². The zero-order valence-corrected chi connectivity index (χ0v) is 23.0. The van der Waals surface area contributed by atoms with Gasteiger partial charge >= 0.3 is 6.03 Å². The molecule has 38 heavy (non-hydrogen) atoms. The van der Waals surface area contributed by atoms with Crippen LogP contribution in [-0.2, 0) is 15.0 Å². The molecule has 2 aliphatic carbocycles. The van der Waals surface area contributed by atoms with E-state index >= 15 is 0 Å². The fourth-order valence-corrected chi connectivity index (χ4v) is 7.02. The maximum atomic E-state index is 14.9. The minimum Gasteiger partial charge on any atom is -0.354 e. The molecule has 11 heteroatoms. The second-order valence-corrected chi connectivity index (χ2v) is 12.4. The Labute approximate surface area is 230 Å². The van der Waals surface area contributed by atoms with Crippen molar-refractivity contribution in [2.75, 3.05) is 18.4 Å². The Hall–Kier alpha value is -2.65. The number of hydrogen-bond donors (Lipinski definition) is 4. The molecule has 1 aromatic carbocycles. The Morgan fingerprint density at radius 1 is 1.18 bits per heavy atom. The Kier molecular flexibility index (Phi) is 7.83. The van der Waals surface area contributed by atoms with Crippen LogP contribution >= 0.6 is 23.2 Å². The minimum atomic E-state index is -1.28. The fraction of sp³-hybridized carbons (Fsp3) is 0.519. The molecule has 1 aliphatic heterocycles. The van der Waals surface area contributed by atoms with Crippen LogP contribution in [0.5, 0.6) is 0 Å². The van der Waals surface area contributed by atoms with E-state index < -0.39 is 40.8 Å². The van der Waals surface area contributed by atoms with Crippen LogP contribution in [0.4, 0.5) is 19.3 Å². The van der Waals surface area contributed by atoms with Gasteiger partial charge in [-0.25, -0.2) is 13.6 Å². The van der Waals surface area contributed by atoms with Crippen LogP contribution in [0.1, 0.15) is 45.6 Å². The topological polar surface area (TPSA) is 113 Å². The van der Waals surface area contributed by atoms with Crippen LogP contribution < -0.4 is 21.7 Å². The summed E-state index contributed by atoms with van der Waals surface area (Å²) >= 11 is 12.3. The van der Waals surface area contributed by atoms with Crippen LogP contribution in [-0.4, -0.2) is 30.9 Å². The highest BCUT2D eigenvalue weighted by Crippen LogP contribution is 2.63. The highest BCUT2D eigenvalue weighted by Gasteiger charge is 2.66. The van der Waals surface area contributed by atoms with Gasteiger partial charge in [0.25, 0.3) is 0 Å². The van der Waals surface area contributed by atoms with Gasteiger partial charge in [-0.05, 0) is 66.2 Å². The van der Waals surface area contributed by atoms with E-state index in [9.17, 15) is 23.2 Å². The van der Waals surface area contributed by atoms with Crippen LogP contribution in [0.25, 0.3) is 0 Å². The molecule has 7 nitrogen and oxygen atoms in total. The molecule has 0 saturated heterocycles. The van der Waals surface area contributed by atoms with Crippen molar-refractivity contribution in [1.82, 2.24) is 10.6 Å². The number of amides is 4. The second kappa shape index (κ2) is 10.5. The number of nitrogens with one attached hydrogen (secondary N) is 3. The third-order valence-electron chi connectivity index (χ3n) is 7.82. The maximum absolute atomic E-state index is 14.9. The molecule has 1 heterocycles. The molecular formula is C27H32Cl2F2N4O3. The van der Waals surface area contributed by atoms with E-state index in [1.165, 1.54) is 18.2 Å². The Morgan fingerprint density at radius 3 is 2.50 bits per heavy atom. The van der Waals surface area contributed by atoms with Gasteiger partial charge in [-0.2, -0.15) is 0 Å². The van der Waals surface area contributed by atoms with E-state index in [-0.39, 0.29) is 52.7 Å². The number of carbonyl (C=O) groups is 3. The quantitative estimate of drug-likeness (QED) is 0.356. The fourth-order valence-electron chi connectivity index (χ4n) is 6.62. The van der Waals surface area contributed by atoms with Gasteiger partial charge in [-0.1, -0.05) is 50.0 Å². The van der Waals surface area contributed by atoms with Gasteiger partial charge in [0.2, 0.25) is 11.8 Å². The van der Waals surface area contributed by atoms with Gasteiger partial charge in [-0.3, -0.25) is 9.59 Å². The van der Waals surface area contributed by atoms with Gasteiger partial charge < -0.3 is 21.7 Å². The SMILES string of the molecule is CC(C)(C)C[C@H]1C[C@@H](C(=O)NCCNC(N)=O)[C@H](C2C=CC(F)=C(Cl)C2)[C@@]12C(=O)Nc1cc(Cl)c(F)cc12. The monoisotopic (exact) mass is 568 g/mol. The summed E-state index contributed by atoms with van der Waals surface area (Å²) in [5.41, 5.74) is 4.47. The molecule has 1 aromatic rings. The molecule has 4 amide bonds. The number of anilines is 1. The summed E-state index contributed by atoms with van der Waals surface area (Å²) in [5.74, 6) is -4.01. The number of hydrogen-bond acceptors (Lipinski definition) is 3. The predicted octanol–water partition coefficient (Wildman–Crippen LogP) is 5.14. The lowest BCUT2D eigenvalue weighted by molar-refractivity contribution is -0.128. The Balaban J connectivity index is 1.85. The Bertz CT molecular complexity index is 1230. The van der Waals surface area contributed by atoms with E-state index in [0.29, 0.717) is 24.1 Å². The van der Waals surface area contributed by atoms with Crippen LogP contribution in [0, 0.1) is 34.9 Å². The molecule has 3 aliphatic rings. The lowest BCUT2D eigenvalue weighted by Gasteiger charge is -2.41. The Morgan fingerprint density at radius 2 is 1.87 bits per heavy atom. The average Bonchev–Trinajstić information content (AvgIpc) is 3.28. The van der Waals surface area contributed by atoms with Crippen molar-refractivity contribution < 1.29 is 23.2 Å². The minimum absolute atomic E-state index is 0.0117. The van der Waals surface area contributed by atoms with Gasteiger partial charge in [0.1, 0.15) is 11.6 Å². The van der Waals surface area contributed by atoms with E-state index in [1.807, 2.05) is 20.8 Å². The molecule has 5 atom stereocenters. The number of carbonyl (C=O) groups excluding carboxylic acids is 3. The molecule has 1 saturated carbocycles. The molecule has 1 fully saturated rings. The number of fused-ring (bicyclic) bond motifs is 2. The van der Waals surface area contributed by atoms with Crippen molar-refractivity contribution in [3.05, 3.63) is 51.5 Å². The number of allylic oxidation sites excluding steroid dienone is 4. The molecule has 1 unspecified atom stereocenters. The van der Waals surface area contributed by atoms with E-state index in [2.05, 4.69) is 16.0 Å². The normalized spacial score (nSPS) is 28.4. The first-order chi connectivity index (χ1) is 17.8. The molecule has 5 N–H and O–H groups in total. The molecule has 0 aromatic heterocycles. The summed E-state index contributed by atoms with van der Waals surface area (Å²) in [6, 6.07) is 1.98. The third-order valence-corrected chi connectivity index (χ3v) is 8.44. The lowest BCUT2D eigenvalue weighted by atomic mass is 9.59. The zero-order chi connectivity index (χ0) is 28.0. The van der Waals surface area contributed by atoms with E-state index in [1.54, 1.807) is 6.08 Å². The number of primary amides is 1. The summed E-state index contributed by atoms with van der Waals surface area (Å²) < 4.78 is 29.2. The maximum Gasteiger partial charge on any atom is 0.312 e. The zero-order valence-electron chi connectivity index (χ0n) is 21.5. The molecular weight excluding hydrogens is 537 g/mol. The molecule has 206 valence electrons. The van der Waals surface area contributed by atoms with Crippen molar-refractivity contribution in [3.8, 4) is 0 Å². The standard InChI is InChI=1S/C27H32Cl2F2N4O3/c1-26(2,3)12-14-9-15(23(36)33-6-7-34-25(32)38)22(13-4-5-19(30)17(28)8-13)27(14)16-10-20(31)18(29)11-21(16)35-24(27)37/h4-5,10-11,13-15,22H,6-9,12H2,1-3H3,(H,33,36)(H,35,37)(H3,32,34,38)/t13?,14-,15-,22+,27-/m1/s1. The summed E-state index contributed by atoms with van der Waals surface area (Å²) in [6.45, 7) is 6.40. The summed E-state index contributed by atoms with van der Waals surface area (Å²) in [7, 11) is 0. The first kappa shape index (κ1) is 28.4. The molecule has 4 rings (SSSR count). The van der Waals surface area contributed by atoms with Crippen molar-refractivity contribution in [2.24, 2.45) is 34.8 Å². The highest BCUT2D eigenvalue weighted by atomic mass is 35.5. The van der Waals surface area contributed by atoms with Crippen molar-refractivity contribution >= 4 is 46.7 Å². The van der Waals surface area contributed by atoms with Crippen LogP contribution in [0.3, 0.4) is 0 Å². The average molecular weight is 569 g/mol. The molecule has 0 bridgehead atoms. The van der Waals surface area contributed by atoms with Gasteiger partial charge in [0.05, 0.1) is 15.5 Å². The van der Waals surface area contributed by atoms with E-state index in [4.69, 9.17) is 28.9 Å². The highest BCUT2D eigenvalue weighted by molar-refractivity contribution is 6.31. The van der Waals surface area contributed by atoms with Crippen LogP contribution in [0.15, 0.2) is 35.1 Å². The van der Waals surface area contributed by atoms with Crippen molar-refractivity contribution in [1.29, 1.82) is 0 Å².